The van der Waals surface area contributed by atoms with Crippen LogP contribution in [0.1, 0.15) is 5.56 Å². The number of nitrogens with one attached hydrogen (secondary N) is 2. The highest BCUT2D eigenvalue weighted by Crippen LogP contribution is 2.01. The van der Waals surface area contributed by atoms with E-state index < -0.39 is 10.2 Å². The number of hydrogen-bond donors (Lipinski definition) is 3. The SMILES string of the molecule is CN(C)S(=O)(=O)N/C(N)=C\C(=N)c1ccccc1. The van der Waals surface area contributed by atoms with Crippen molar-refractivity contribution < 1.29 is 8.42 Å². The highest BCUT2D eigenvalue weighted by Gasteiger charge is 2.13. The first-order valence-electron chi connectivity index (χ1n) is 5.14. The zero-order valence-electron chi connectivity index (χ0n) is 10.2. The van der Waals surface area contributed by atoms with Gasteiger partial charge < -0.3 is 11.1 Å². The molecule has 0 heterocycles. The number of nitrogens with two attached hydrogens (primary N) is 1. The molecular formula is C11H16N4O2S. The van der Waals surface area contributed by atoms with Crippen molar-refractivity contribution in [1.82, 2.24) is 9.03 Å². The predicted octanol–water partition coefficient (Wildman–Crippen LogP) is 0.251. The van der Waals surface area contributed by atoms with Crippen molar-refractivity contribution in [3.8, 4) is 0 Å². The van der Waals surface area contributed by atoms with Crippen LogP contribution in [-0.2, 0) is 10.2 Å². The monoisotopic (exact) mass is 268 g/mol. The van der Waals surface area contributed by atoms with E-state index in [0.29, 0.717) is 5.56 Å². The maximum atomic E-state index is 11.5. The summed E-state index contributed by atoms with van der Waals surface area (Å²) in [6, 6.07) is 8.90. The summed E-state index contributed by atoms with van der Waals surface area (Å²) < 4.78 is 26.1. The average molecular weight is 268 g/mol. The van der Waals surface area contributed by atoms with Gasteiger partial charge in [-0.15, -0.1) is 0 Å². The Balaban J connectivity index is 2.83. The normalized spacial score (nSPS) is 12.5. The van der Waals surface area contributed by atoms with Crippen molar-refractivity contribution >= 4 is 15.9 Å². The number of rotatable bonds is 5. The van der Waals surface area contributed by atoms with E-state index in [1.807, 2.05) is 6.07 Å². The highest BCUT2D eigenvalue weighted by molar-refractivity contribution is 7.87. The van der Waals surface area contributed by atoms with Gasteiger partial charge in [-0.05, 0) is 5.56 Å². The summed E-state index contributed by atoms with van der Waals surface area (Å²) in [6.45, 7) is 0. The third kappa shape index (κ3) is 3.86. The van der Waals surface area contributed by atoms with Gasteiger partial charge in [0.25, 0.3) is 0 Å². The molecule has 0 aromatic heterocycles. The molecule has 18 heavy (non-hydrogen) atoms. The standard InChI is InChI=1S/C11H16N4O2S/c1-15(2)18(16,17)14-11(13)8-10(12)9-6-4-3-5-7-9/h3-8,12,14H,13H2,1-2H3/b11-8-,12-10?. The molecule has 7 heteroatoms. The van der Waals surface area contributed by atoms with Crippen LogP contribution in [0.2, 0.25) is 0 Å². The lowest BCUT2D eigenvalue weighted by atomic mass is 10.1. The zero-order valence-corrected chi connectivity index (χ0v) is 11.0. The first-order valence-corrected chi connectivity index (χ1v) is 6.58. The minimum absolute atomic E-state index is 0.0995. The molecular weight excluding hydrogens is 252 g/mol. The van der Waals surface area contributed by atoms with Gasteiger partial charge in [-0.3, -0.25) is 4.72 Å². The van der Waals surface area contributed by atoms with E-state index in [9.17, 15) is 8.42 Å². The van der Waals surface area contributed by atoms with Gasteiger partial charge in [0.2, 0.25) is 0 Å². The van der Waals surface area contributed by atoms with Gasteiger partial charge in [-0.1, -0.05) is 30.3 Å². The van der Waals surface area contributed by atoms with Crippen molar-refractivity contribution in [2.45, 2.75) is 0 Å². The Morgan fingerprint density at radius 2 is 1.89 bits per heavy atom. The van der Waals surface area contributed by atoms with Crippen molar-refractivity contribution in [1.29, 1.82) is 5.41 Å². The average Bonchev–Trinajstić information content (AvgIpc) is 2.29. The third-order valence-electron chi connectivity index (χ3n) is 2.11. The molecule has 0 aliphatic rings. The van der Waals surface area contributed by atoms with E-state index in [2.05, 4.69) is 4.72 Å². The molecule has 0 atom stereocenters. The molecule has 1 rings (SSSR count). The molecule has 0 amide bonds. The van der Waals surface area contributed by atoms with Crippen LogP contribution in [-0.4, -0.2) is 32.5 Å². The molecule has 98 valence electrons. The van der Waals surface area contributed by atoms with Gasteiger partial charge in [-0.2, -0.15) is 12.7 Å². The van der Waals surface area contributed by atoms with Crippen LogP contribution < -0.4 is 10.5 Å². The molecule has 1 aromatic carbocycles. The molecule has 6 nitrogen and oxygen atoms in total. The number of allylic oxidation sites excluding steroid dienone is 1. The Kier molecular flexibility index (Phi) is 4.46. The van der Waals surface area contributed by atoms with E-state index in [4.69, 9.17) is 11.1 Å². The molecule has 0 radical (unpaired) electrons. The summed E-state index contributed by atoms with van der Waals surface area (Å²) in [5.74, 6) is -0.0995. The van der Waals surface area contributed by atoms with Crippen LogP contribution in [0, 0.1) is 5.41 Å². The van der Waals surface area contributed by atoms with E-state index in [0.717, 1.165) is 4.31 Å². The van der Waals surface area contributed by atoms with Gasteiger partial charge >= 0.3 is 10.2 Å². The van der Waals surface area contributed by atoms with Gasteiger partial charge in [0.15, 0.2) is 0 Å². The second kappa shape index (κ2) is 5.65. The molecule has 1 aromatic rings. The van der Waals surface area contributed by atoms with Crippen molar-refractivity contribution in [2.75, 3.05) is 14.1 Å². The fraction of sp³-hybridized carbons (Fsp3) is 0.182. The summed E-state index contributed by atoms with van der Waals surface area (Å²) in [5, 5.41) is 7.77. The van der Waals surface area contributed by atoms with Gasteiger partial charge in [0.1, 0.15) is 5.82 Å². The predicted molar refractivity (Wildman–Crippen MR) is 71.3 cm³/mol. The van der Waals surface area contributed by atoms with Crippen molar-refractivity contribution in [3.63, 3.8) is 0 Å². The number of benzene rings is 1. The van der Waals surface area contributed by atoms with E-state index in [1.54, 1.807) is 24.3 Å². The van der Waals surface area contributed by atoms with E-state index in [1.165, 1.54) is 20.2 Å². The van der Waals surface area contributed by atoms with E-state index >= 15 is 0 Å². The smallest absolute Gasteiger partial charge is 0.302 e. The van der Waals surface area contributed by atoms with Gasteiger partial charge in [0.05, 0.1) is 5.71 Å². The van der Waals surface area contributed by atoms with E-state index in [-0.39, 0.29) is 11.5 Å². The fourth-order valence-corrected chi connectivity index (χ4v) is 1.67. The molecule has 0 aliphatic heterocycles. The summed E-state index contributed by atoms with van der Waals surface area (Å²) in [6.07, 6.45) is 1.26. The first kappa shape index (κ1) is 14.2. The van der Waals surface area contributed by atoms with Gasteiger partial charge in [-0.25, -0.2) is 0 Å². The molecule has 0 saturated carbocycles. The lowest BCUT2D eigenvalue weighted by Crippen LogP contribution is -2.37. The van der Waals surface area contributed by atoms with Crippen LogP contribution in [0.4, 0.5) is 0 Å². The highest BCUT2D eigenvalue weighted by atomic mass is 32.2. The maximum Gasteiger partial charge on any atom is 0.302 e. The molecule has 4 N–H and O–H groups in total. The fourth-order valence-electron chi connectivity index (χ4n) is 1.13. The second-order valence-corrected chi connectivity index (χ2v) is 5.65. The number of nitrogens with zero attached hydrogens (tertiary/aromatic N) is 1. The molecule has 0 fully saturated rings. The quantitative estimate of drug-likeness (QED) is 0.667. The van der Waals surface area contributed by atoms with Crippen LogP contribution in [0.25, 0.3) is 0 Å². The van der Waals surface area contributed by atoms with Gasteiger partial charge in [0, 0.05) is 20.2 Å². The minimum atomic E-state index is -3.63. The lowest BCUT2D eigenvalue weighted by Gasteiger charge is -2.13. The lowest BCUT2D eigenvalue weighted by molar-refractivity contribution is 0.512. The largest absolute Gasteiger partial charge is 0.385 e. The Hall–Kier alpha value is -1.86. The Morgan fingerprint density at radius 3 is 2.39 bits per heavy atom. The summed E-state index contributed by atoms with van der Waals surface area (Å²) in [4.78, 5) is 0. The van der Waals surface area contributed by atoms with Crippen LogP contribution in [0.3, 0.4) is 0 Å². The maximum absolute atomic E-state index is 11.5. The molecule has 0 bridgehead atoms. The molecule has 0 spiro atoms. The Morgan fingerprint density at radius 1 is 1.33 bits per heavy atom. The summed E-state index contributed by atoms with van der Waals surface area (Å²) in [5.41, 5.74) is 6.33. The van der Waals surface area contributed by atoms with Crippen molar-refractivity contribution in [3.05, 3.63) is 47.8 Å². The zero-order chi connectivity index (χ0) is 13.8. The first-order chi connectivity index (χ1) is 8.33. The molecule has 0 saturated heterocycles. The van der Waals surface area contributed by atoms with Crippen LogP contribution in [0.15, 0.2) is 42.2 Å². The molecule has 0 unspecified atom stereocenters. The second-order valence-electron chi connectivity index (χ2n) is 3.77. The van der Waals surface area contributed by atoms with Crippen molar-refractivity contribution in [2.24, 2.45) is 5.73 Å². The summed E-state index contributed by atoms with van der Waals surface area (Å²) in [7, 11) is -0.858. The van der Waals surface area contributed by atoms with Crippen LogP contribution in [0.5, 0.6) is 0 Å². The number of hydrogen-bond acceptors (Lipinski definition) is 4. The minimum Gasteiger partial charge on any atom is -0.385 e. The Bertz CT molecular complexity index is 550. The molecule has 0 aliphatic carbocycles. The summed E-state index contributed by atoms with van der Waals surface area (Å²) >= 11 is 0. The third-order valence-corrected chi connectivity index (χ3v) is 3.57. The van der Waals surface area contributed by atoms with Crippen LogP contribution >= 0.6 is 0 Å². The Labute approximate surface area is 107 Å². The topological polar surface area (TPSA) is 99.3 Å².